The predicted molar refractivity (Wildman–Crippen MR) is 132 cm³/mol. The smallest absolute Gasteiger partial charge is 0.421 e. The van der Waals surface area contributed by atoms with Gasteiger partial charge in [0.25, 0.3) is 0 Å². The maximum atomic E-state index is 14.4. The van der Waals surface area contributed by atoms with E-state index in [0.29, 0.717) is 15.7 Å². The van der Waals surface area contributed by atoms with Crippen LogP contribution in [0.25, 0.3) is 0 Å². The summed E-state index contributed by atoms with van der Waals surface area (Å²) in [5.74, 6) is -1.26. The fraction of sp³-hybridized carbons (Fsp3) is 0.542. The molecule has 0 N–H and O–H groups in total. The van der Waals surface area contributed by atoms with Gasteiger partial charge in [0, 0.05) is 16.8 Å². The summed E-state index contributed by atoms with van der Waals surface area (Å²) in [7, 11) is -3.86. The van der Waals surface area contributed by atoms with Crippen molar-refractivity contribution in [1.29, 1.82) is 0 Å². The lowest BCUT2D eigenvalue weighted by Crippen LogP contribution is -2.56. The first-order chi connectivity index (χ1) is 16.0. The van der Waals surface area contributed by atoms with Crippen molar-refractivity contribution in [2.24, 2.45) is 5.92 Å². The third-order valence-corrected chi connectivity index (χ3v) is 9.08. The Balaban J connectivity index is 2.33. The lowest BCUT2D eigenvalue weighted by molar-refractivity contribution is -0.125. The van der Waals surface area contributed by atoms with E-state index in [9.17, 15) is 18.9 Å². The number of halogens is 1. The summed E-state index contributed by atoms with van der Waals surface area (Å²) < 4.78 is 31.8. The maximum Gasteiger partial charge on any atom is 0.421 e. The first kappa shape index (κ1) is 26.8. The number of nitrogens with zero attached hydrogens (tertiary/aromatic N) is 1. The summed E-state index contributed by atoms with van der Waals surface area (Å²) >= 11 is 3.47. The van der Waals surface area contributed by atoms with Crippen molar-refractivity contribution in [3.63, 3.8) is 0 Å². The van der Waals surface area contributed by atoms with Crippen LogP contribution in [0, 0.1) is 5.92 Å². The molecule has 0 unspecified atom stereocenters. The van der Waals surface area contributed by atoms with Crippen molar-refractivity contribution in [2.45, 2.75) is 64.1 Å². The van der Waals surface area contributed by atoms with E-state index < -0.39 is 42.2 Å². The van der Waals surface area contributed by atoms with Crippen LogP contribution in [0.3, 0.4) is 0 Å². The highest BCUT2D eigenvalue weighted by Gasteiger charge is 2.66. The van der Waals surface area contributed by atoms with Crippen molar-refractivity contribution in [2.75, 3.05) is 18.1 Å². The number of amides is 2. The largest absolute Gasteiger partial charge is 0.443 e. The standard InChI is InChI=1S/C24H31BrNO7P/c1-6-31-34(30,32-7-2)20-10-8-9-16(13-14-27)24(20)18-15-17(25)11-12-19(18)26(21(24)28)22(29)33-23(3,4)5/h8-9,11-12,14-16,20H,6-7,10,13H2,1-5H3/t16-,20+,24-/m1/s1. The Bertz CT molecular complexity index is 1040. The molecule has 1 aromatic rings. The summed E-state index contributed by atoms with van der Waals surface area (Å²) in [6.07, 6.45) is 3.69. The average Bonchev–Trinajstić information content (AvgIpc) is 2.97. The number of hydrogen-bond acceptors (Lipinski definition) is 7. The predicted octanol–water partition coefficient (Wildman–Crippen LogP) is 5.77. The number of aldehydes is 1. The van der Waals surface area contributed by atoms with Crippen molar-refractivity contribution in [3.05, 3.63) is 40.4 Å². The molecule has 10 heteroatoms. The van der Waals surface area contributed by atoms with Crippen LogP contribution >= 0.6 is 23.5 Å². The van der Waals surface area contributed by atoms with Gasteiger partial charge in [0.05, 0.1) is 30.0 Å². The minimum Gasteiger partial charge on any atom is -0.443 e. The van der Waals surface area contributed by atoms with Gasteiger partial charge in [0.1, 0.15) is 11.9 Å². The number of rotatable bonds is 7. The van der Waals surface area contributed by atoms with Crippen LogP contribution in [0.1, 0.15) is 53.0 Å². The Kier molecular flexibility index (Phi) is 7.92. The molecule has 1 aliphatic heterocycles. The number of imide groups is 1. The second-order valence-electron chi connectivity index (χ2n) is 9.22. The zero-order chi connectivity index (χ0) is 25.3. The first-order valence-corrected chi connectivity index (χ1v) is 13.7. The lowest BCUT2D eigenvalue weighted by atomic mass is 9.64. The van der Waals surface area contributed by atoms with Gasteiger partial charge in [-0.05, 0) is 64.8 Å². The topological polar surface area (TPSA) is 99.2 Å². The van der Waals surface area contributed by atoms with Gasteiger partial charge in [-0.2, -0.15) is 0 Å². The van der Waals surface area contributed by atoms with Crippen LogP contribution in [0.2, 0.25) is 0 Å². The van der Waals surface area contributed by atoms with E-state index in [2.05, 4.69) is 15.9 Å². The molecule has 1 heterocycles. The Morgan fingerprint density at radius 3 is 2.47 bits per heavy atom. The highest BCUT2D eigenvalue weighted by atomic mass is 79.9. The van der Waals surface area contributed by atoms with E-state index in [4.69, 9.17) is 13.8 Å². The minimum atomic E-state index is -3.86. The summed E-state index contributed by atoms with van der Waals surface area (Å²) in [5, 5.41) is 0. The second-order valence-corrected chi connectivity index (χ2v) is 12.4. The van der Waals surface area contributed by atoms with Crippen LogP contribution in [0.15, 0.2) is 34.8 Å². The number of fused-ring (bicyclic) bond motifs is 2. The molecule has 1 spiro atoms. The fourth-order valence-corrected chi connectivity index (χ4v) is 7.73. The molecule has 186 valence electrons. The van der Waals surface area contributed by atoms with Gasteiger partial charge < -0.3 is 18.6 Å². The maximum absolute atomic E-state index is 14.4. The molecule has 8 nitrogen and oxygen atoms in total. The van der Waals surface area contributed by atoms with Gasteiger partial charge in [-0.15, -0.1) is 0 Å². The van der Waals surface area contributed by atoms with Crippen molar-refractivity contribution in [1.82, 2.24) is 0 Å². The molecule has 0 bridgehead atoms. The summed E-state index contributed by atoms with van der Waals surface area (Å²) in [5.41, 5.74) is -2.49. The highest BCUT2D eigenvalue weighted by molar-refractivity contribution is 9.10. The van der Waals surface area contributed by atoms with Gasteiger partial charge in [0.2, 0.25) is 5.91 Å². The number of carbonyl (C=O) groups is 3. The lowest BCUT2D eigenvalue weighted by Gasteiger charge is -2.45. The zero-order valence-corrected chi connectivity index (χ0v) is 22.6. The van der Waals surface area contributed by atoms with Gasteiger partial charge in [-0.1, -0.05) is 28.1 Å². The van der Waals surface area contributed by atoms with Crippen molar-refractivity contribution < 1.29 is 32.7 Å². The van der Waals surface area contributed by atoms with Gasteiger partial charge in [0.15, 0.2) is 0 Å². The molecule has 3 atom stereocenters. The molecule has 1 aliphatic carbocycles. The number of benzene rings is 1. The highest BCUT2D eigenvalue weighted by Crippen LogP contribution is 2.67. The van der Waals surface area contributed by atoms with Crippen molar-refractivity contribution >= 4 is 47.5 Å². The molecule has 0 aromatic heterocycles. The van der Waals surface area contributed by atoms with Crippen LogP contribution < -0.4 is 4.90 Å². The SMILES string of the molecule is CCOP(=O)(OCC)[C@H]1CC=C[C@H](CC=O)[C@]12C(=O)N(C(=O)OC(C)(C)C)c1ccc(Br)cc12. The number of hydrogen-bond donors (Lipinski definition) is 0. The molecule has 2 amide bonds. The third-order valence-electron chi connectivity index (χ3n) is 5.97. The number of ether oxygens (including phenoxy) is 1. The van der Waals surface area contributed by atoms with Gasteiger partial charge >= 0.3 is 13.7 Å². The molecule has 34 heavy (non-hydrogen) atoms. The summed E-state index contributed by atoms with van der Waals surface area (Å²) in [4.78, 5) is 40.3. The average molecular weight is 556 g/mol. The molecular weight excluding hydrogens is 525 g/mol. The molecule has 0 saturated carbocycles. The second kappa shape index (κ2) is 10.1. The molecule has 1 aromatic carbocycles. The van der Waals surface area contributed by atoms with E-state index in [-0.39, 0.29) is 26.1 Å². The minimum absolute atomic E-state index is 0.00883. The van der Waals surface area contributed by atoms with E-state index >= 15 is 0 Å². The van der Waals surface area contributed by atoms with Crippen LogP contribution in [-0.2, 0) is 33.4 Å². The Labute approximate surface area is 208 Å². The Hall–Kier alpha value is -1.80. The zero-order valence-electron chi connectivity index (χ0n) is 20.1. The normalized spacial score (nSPS) is 24.4. The molecular formula is C24H31BrNO7P. The molecule has 0 radical (unpaired) electrons. The van der Waals surface area contributed by atoms with E-state index in [0.717, 1.165) is 11.2 Å². The molecule has 3 rings (SSSR count). The molecule has 0 saturated heterocycles. The number of anilines is 1. The first-order valence-electron chi connectivity index (χ1n) is 11.3. The van der Waals surface area contributed by atoms with E-state index in [1.54, 1.807) is 65.0 Å². The van der Waals surface area contributed by atoms with E-state index in [1.807, 2.05) is 0 Å². The summed E-state index contributed by atoms with van der Waals surface area (Å²) in [6.45, 7) is 8.76. The van der Waals surface area contributed by atoms with Gasteiger partial charge in [-0.25, -0.2) is 9.69 Å². The Morgan fingerprint density at radius 2 is 1.91 bits per heavy atom. The molecule has 0 fully saturated rings. The van der Waals surface area contributed by atoms with Gasteiger partial charge in [-0.3, -0.25) is 9.36 Å². The fourth-order valence-electron chi connectivity index (χ4n) is 4.89. The van der Waals surface area contributed by atoms with Crippen LogP contribution in [0.4, 0.5) is 10.5 Å². The number of allylic oxidation sites excluding steroid dienone is 2. The van der Waals surface area contributed by atoms with Crippen LogP contribution in [-0.4, -0.2) is 42.8 Å². The van der Waals surface area contributed by atoms with Crippen molar-refractivity contribution in [3.8, 4) is 0 Å². The quantitative estimate of drug-likeness (QED) is 0.239. The number of carbonyl (C=O) groups excluding carboxylic acids is 3. The summed E-state index contributed by atoms with van der Waals surface area (Å²) in [6, 6.07) is 5.11. The van der Waals surface area contributed by atoms with Crippen LogP contribution in [0.5, 0.6) is 0 Å². The Morgan fingerprint density at radius 1 is 1.26 bits per heavy atom. The third kappa shape index (κ3) is 4.55. The molecule has 2 aliphatic rings. The van der Waals surface area contributed by atoms with E-state index in [1.165, 1.54) is 0 Å². The monoisotopic (exact) mass is 555 g/mol.